The fourth-order valence-corrected chi connectivity index (χ4v) is 2.81. The molecule has 134 valence electrons. The molecule has 1 amide bonds. The second-order valence-corrected chi connectivity index (χ2v) is 6.33. The summed E-state index contributed by atoms with van der Waals surface area (Å²) in [7, 11) is 0. The monoisotopic (exact) mass is 360 g/mol. The molecule has 1 aliphatic carbocycles. The molecule has 0 unspecified atom stereocenters. The van der Waals surface area contributed by atoms with Crippen molar-refractivity contribution < 1.29 is 18.0 Å². The lowest BCUT2D eigenvalue weighted by atomic mass is 10.1. The predicted molar refractivity (Wildman–Crippen MR) is 88.4 cm³/mol. The summed E-state index contributed by atoms with van der Waals surface area (Å²) >= 11 is 0. The van der Waals surface area contributed by atoms with Crippen LogP contribution in [0.4, 0.5) is 13.2 Å². The third-order valence-electron chi connectivity index (χ3n) is 4.32. The van der Waals surface area contributed by atoms with E-state index in [1.807, 2.05) is 4.57 Å². The molecule has 1 N–H and O–H groups in total. The van der Waals surface area contributed by atoms with Gasteiger partial charge in [0.2, 0.25) is 0 Å². The van der Waals surface area contributed by atoms with Crippen LogP contribution in [-0.4, -0.2) is 20.4 Å². The van der Waals surface area contributed by atoms with Crippen LogP contribution < -0.4 is 5.32 Å². The van der Waals surface area contributed by atoms with E-state index in [2.05, 4.69) is 15.3 Å². The number of aromatic nitrogens is 3. The summed E-state index contributed by atoms with van der Waals surface area (Å²) in [5.41, 5.74) is 1.33. The first-order valence-electron chi connectivity index (χ1n) is 8.19. The van der Waals surface area contributed by atoms with E-state index in [1.165, 1.54) is 18.3 Å². The maximum Gasteiger partial charge on any atom is 0.416 e. The number of rotatable bonds is 4. The number of pyridine rings is 1. The molecule has 2 heterocycles. The number of hydrogen-bond acceptors (Lipinski definition) is 3. The van der Waals surface area contributed by atoms with E-state index in [0.717, 1.165) is 30.6 Å². The van der Waals surface area contributed by atoms with Crippen molar-refractivity contribution in [2.75, 3.05) is 0 Å². The van der Waals surface area contributed by atoms with Crippen molar-refractivity contribution in [3.05, 3.63) is 59.5 Å². The lowest BCUT2D eigenvalue weighted by molar-refractivity contribution is -0.137. The third kappa shape index (κ3) is 3.26. The first-order valence-corrected chi connectivity index (χ1v) is 8.19. The Morgan fingerprint density at radius 1 is 1.23 bits per heavy atom. The Labute approximate surface area is 146 Å². The highest BCUT2D eigenvalue weighted by molar-refractivity contribution is 5.96. The highest BCUT2D eigenvalue weighted by Gasteiger charge is 2.30. The molecule has 26 heavy (non-hydrogen) atoms. The smallest absolute Gasteiger partial charge is 0.348 e. The first kappa shape index (κ1) is 16.6. The molecule has 4 rings (SSSR count). The minimum atomic E-state index is -4.41. The molecule has 1 aromatic carbocycles. The fraction of sp³-hybridized carbons (Fsp3) is 0.278. The molecular formula is C18H15F3N4O. The minimum absolute atomic E-state index is 0.00267. The van der Waals surface area contributed by atoms with E-state index in [0.29, 0.717) is 22.7 Å². The molecular weight excluding hydrogens is 345 g/mol. The number of alkyl halides is 3. The number of benzene rings is 1. The Morgan fingerprint density at radius 2 is 2.04 bits per heavy atom. The van der Waals surface area contributed by atoms with Crippen LogP contribution in [0.2, 0.25) is 0 Å². The largest absolute Gasteiger partial charge is 0.416 e. The zero-order chi connectivity index (χ0) is 18.3. The van der Waals surface area contributed by atoms with E-state index in [-0.39, 0.29) is 6.54 Å². The summed E-state index contributed by atoms with van der Waals surface area (Å²) in [6.45, 7) is -0.00267. The van der Waals surface area contributed by atoms with Gasteiger partial charge in [0.1, 0.15) is 5.52 Å². The van der Waals surface area contributed by atoms with Gasteiger partial charge in [-0.15, -0.1) is 0 Å². The van der Waals surface area contributed by atoms with Crippen molar-refractivity contribution in [3.8, 4) is 0 Å². The van der Waals surface area contributed by atoms with Gasteiger partial charge in [-0.1, -0.05) is 12.1 Å². The molecule has 0 radical (unpaired) electrons. The minimum Gasteiger partial charge on any atom is -0.348 e. The third-order valence-corrected chi connectivity index (χ3v) is 4.32. The number of halogens is 3. The van der Waals surface area contributed by atoms with E-state index in [4.69, 9.17) is 0 Å². The SMILES string of the molecule is O=C(NCc1cccc(C(F)(F)F)c1)c1cnc2c(c1)ncn2C1CC1. The molecule has 5 nitrogen and oxygen atoms in total. The second-order valence-electron chi connectivity index (χ2n) is 6.33. The summed E-state index contributed by atoms with van der Waals surface area (Å²) in [5, 5.41) is 2.62. The predicted octanol–water partition coefficient (Wildman–Crippen LogP) is 3.72. The lowest BCUT2D eigenvalue weighted by Crippen LogP contribution is -2.23. The van der Waals surface area contributed by atoms with Gasteiger partial charge in [-0.3, -0.25) is 4.79 Å². The summed E-state index contributed by atoms with van der Waals surface area (Å²) < 4.78 is 40.2. The maximum atomic E-state index is 12.7. The topological polar surface area (TPSA) is 59.8 Å². The number of carbonyl (C=O) groups is 1. The van der Waals surface area contributed by atoms with Gasteiger partial charge in [0.05, 0.1) is 17.5 Å². The molecule has 8 heteroatoms. The number of nitrogens with zero attached hydrogens (tertiary/aromatic N) is 3. The molecule has 2 aromatic heterocycles. The van der Waals surface area contributed by atoms with Gasteiger partial charge in [0.25, 0.3) is 5.91 Å². The van der Waals surface area contributed by atoms with Crippen LogP contribution in [0.3, 0.4) is 0 Å². The van der Waals surface area contributed by atoms with E-state index >= 15 is 0 Å². The average Bonchev–Trinajstić information content (AvgIpc) is 3.38. The summed E-state index contributed by atoms with van der Waals surface area (Å²) in [6.07, 6.45) is 0.984. The fourth-order valence-electron chi connectivity index (χ4n) is 2.81. The second kappa shape index (κ2) is 6.12. The zero-order valence-corrected chi connectivity index (χ0v) is 13.6. The highest BCUT2D eigenvalue weighted by Crippen LogP contribution is 2.36. The molecule has 3 aromatic rings. The van der Waals surface area contributed by atoms with E-state index < -0.39 is 17.6 Å². The van der Waals surface area contributed by atoms with Crippen LogP contribution >= 0.6 is 0 Å². The number of fused-ring (bicyclic) bond motifs is 1. The number of hydrogen-bond donors (Lipinski definition) is 1. The van der Waals surface area contributed by atoms with Gasteiger partial charge in [-0.05, 0) is 36.6 Å². The van der Waals surface area contributed by atoms with Gasteiger partial charge in [-0.25, -0.2) is 9.97 Å². The Bertz CT molecular complexity index is 976. The quantitative estimate of drug-likeness (QED) is 0.772. The van der Waals surface area contributed by atoms with Crippen molar-refractivity contribution in [1.82, 2.24) is 19.9 Å². The van der Waals surface area contributed by atoms with Crippen molar-refractivity contribution in [2.24, 2.45) is 0 Å². The van der Waals surface area contributed by atoms with Gasteiger partial charge in [0.15, 0.2) is 5.65 Å². The number of carbonyl (C=O) groups excluding carboxylic acids is 1. The Balaban J connectivity index is 1.47. The van der Waals surface area contributed by atoms with Crippen LogP contribution in [0.25, 0.3) is 11.2 Å². The van der Waals surface area contributed by atoms with Gasteiger partial charge >= 0.3 is 6.18 Å². The number of imidazole rings is 1. The van der Waals surface area contributed by atoms with Crippen LogP contribution in [0.15, 0.2) is 42.9 Å². The summed E-state index contributed by atoms with van der Waals surface area (Å²) in [5.74, 6) is -0.405. The molecule has 0 spiro atoms. The number of nitrogens with one attached hydrogen (secondary N) is 1. The summed E-state index contributed by atoms with van der Waals surface area (Å²) in [6, 6.07) is 6.96. The van der Waals surface area contributed by atoms with E-state index in [1.54, 1.807) is 12.4 Å². The van der Waals surface area contributed by atoms with Crippen molar-refractivity contribution >= 4 is 17.1 Å². The molecule has 1 fully saturated rings. The molecule has 1 saturated carbocycles. The Morgan fingerprint density at radius 3 is 2.77 bits per heavy atom. The summed E-state index contributed by atoms with van der Waals surface area (Å²) in [4.78, 5) is 20.9. The van der Waals surface area contributed by atoms with Crippen molar-refractivity contribution in [1.29, 1.82) is 0 Å². The standard InChI is InChI=1S/C18H15F3N4O/c19-18(20,21)13-3-1-2-11(6-13)8-23-17(26)12-7-15-16(22-9-12)25(10-24-15)14-4-5-14/h1-3,6-7,9-10,14H,4-5,8H2,(H,23,26). The van der Waals surface area contributed by atoms with Gasteiger partial charge < -0.3 is 9.88 Å². The zero-order valence-electron chi connectivity index (χ0n) is 13.6. The maximum absolute atomic E-state index is 12.7. The molecule has 0 bridgehead atoms. The normalized spacial score (nSPS) is 14.6. The molecule has 0 aliphatic heterocycles. The Hall–Kier alpha value is -2.90. The average molecular weight is 360 g/mol. The number of amides is 1. The van der Waals surface area contributed by atoms with Crippen LogP contribution in [-0.2, 0) is 12.7 Å². The van der Waals surface area contributed by atoms with Crippen LogP contribution in [0.5, 0.6) is 0 Å². The van der Waals surface area contributed by atoms with Gasteiger partial charge in [0, 0.05) is 18.8 Å². The van der Waals surface area contributed by atoms with Crippen LogP contribution in [0.1, 0.15) is 40.4 Å². The first-order chi connectivity index (χ1) is 12.4. The van der Waals surface area contributed by atoms with Gasteiger partial charge in [-0.2, -0.15) is 13.2 Å². The molecule has 0 saturated heterocycles. The van der Waals surface area contributed by atoms with E-state index in [9.17, 15) is 18.0 Å². The molecule has 1 aliphatic rings. The molecule has 0 atom stereocenters. The lowest BCUT2D eigenvalue weighted by Gasteiger charge is -2.09. The van der Waals surface area contributed by atoms with Crippen molar-refractivity contribution in [3.63, 3.8) is 0 Å². The van der Waals surface area contributed by atoms with Crippen LogP contribution in [0, 0.1) is 0 Å². The van der Waals surface area contributed by atoms with Crippen molar-refractivity contribution in [2.45, 2.75) is 31.6 Å². The highest BCUT2D eigenvalue weighted by atomic mass is 19.4. The Kier molecular flexibility index (Phi) is 3.90.